The molecule has 27 heavy (non-hydrogen) atoms. The van der Waals surface area contributed by atoms with Crippen molar-refractivity contribution in [2.45, 2.75) is 0 Å². The van der Waals surface area contributed by atoms with E-state index in [-0.39, 0.29) is 5.91 Å². The summed E-state index contributed by atoms with van der Waals surface area (Å²) in [5.41, 5.74) is 3.05. The maximum Gasteiger partial charge on any atom is 0.252 e. The number of ether oxygens (including phenoxy) is 1. The Hall–Kier alpha value is -2.81. The molecule has 8 nitrogen and oxygen atoms in total. The number of morpholine rings is 1. The molecule has 3 heterocycles. The summed E-state index contributed by atoms with van der Waals surface area (Å²) in [6.45, 7) is 4.57. The smallest absolute Gasteiger partial charge is 0.252 e. The molecule has 0 aliphatic carbocycles. The number of hydroxylamine groups is 2. The highest BCUT2D eigenvalue weighted by atomic mass is 16.5. The second-order valence-corrected chi connectivity index (χ2v) is 6.42. The third kappa shape index (κ3) is 3.82. The fourth-order valence-corrected chi connectivity index (χ4v) is 3.17. The van der Waals surface area contributed by atoms with Crippen molar-refractivity contribution < 1.29 is 14.7 Å². The molecule has 3 aliphatic rings. The predicted octanol–water partition coefficient (Wildman–Crippen LogP) is 2.05. The normalized spacial score (nSPS) is 22.0. The van der Waals surface area contributed by atoms with Crippen LogP contribution in [0.3, 0.4) is 0 Å². The minimum absolute atomic E-state index is 0.226. The highest BCUT2D eigenvalue weighted by Crippen LogP contribution is 2.38. The second-order valence-electron chi connectivity index (χ2n) is 6.42. The zero-order valence-electron chi connectivity index (χ0n) is 14.8. The number of allylic oxidation sites excluding steroid dienone is 1. The Bertz CT molecular complexity index is 853. The van der Waals surface area contributed by atoms with E-state index in [1.54, 1.807) is 12.2 Å². The van der Waals surface area contributed by atoms with Crippen LogP contribution in [-0.2, 0) is 9.53 Å². The summed E-state index contributed by atoms with van der Waals surface area (Å²) < 4.78 is 5.31. The molecule has 0 bridgehead atoms. The molecule has 140 valence electrons. The number of carbonyl (C=O) groups excluding carboxylic acids is 1. The lowest BCUT2D eigenvalue weighted by molar-refractivity contribution is -0.117. The Balaban J connectivity index is 1.39. The van der Waals surface area contributed by atoms with Crippen LogP contribution in [0.4, 0.5) is 5.69 Å². The molecule has 2 N–H and O–H groups in total. The van der Waals surface area contributed by atoms with Crippen LogP contribution in [0.2, 0.25) is 0 Å². The van der Waals surface area contributed by atoms with Crippen LogP contribution >= 0.6 is 0 Å². The summed E-state index contributed by atoms with van der Waals surface area (Å²) in [7, 11) is 0. The van der Waals surface area contributed by atoms with Crippen molar-refractivity contribution in [3.63, 3.8) is 0 Å². The molecule has 0 atom stereocenters. The Morgan fingerprint density at radius 2 is 2.00 bits per heavy atom. The number of azo groups is 1. The van der Waals surface area contributed by atoms with E-state index in [2.05, 4.69) is 20.4 Å². The Labute approximate surface area is 157 Å². The van der Waals surface area contributed by atoms with E-state index in [0.717, 1.165) is 49.2 Å². The Morgan fingerprint density at radius 1 is 1.19 bits per heavy atom. The van der Waals surface area contributed by atoms with Crippen molar-refractivity contribution in [1.29, 1.82) is 0 Å². The van der Waals surface area contributed by atoms with Crippen LogP contribution in [0.25, 0.3) is 5.70 Å². The van der Waals surface area contributed by atoms with Gasteiger partial charge < -0.3 is 10.1 Å². The number of hydrogen-bond donors (Lipinski definition) is 2. The van der Waals surface area contributed by atoms with Crippen molar-refractivity contribution in [2.75, 3.05) is 39.4 Å². The average molecular weight is 367 g/mol. The number of fused-ring (bicyclic) bond motifs is 1. The molecular weight excluding hydrogens is 346 g/mol. The summed E-state index contributed by atoms with van der Waals surface area (Å²) >= 11 is 0. The fourth-order valence-electron chi connectivity index (χ4n) is 3.17. The average Bonchev–Trinajstić information content (AvgIpc) is 3.12. The Morgan fingerprint density at radius 3 is 2.81 bits per heavy atom. The van der Waals surface area contributed by atoms with Gasteiger partial charge in [-0.15, -0.1) is 10.2 Å². The van der Waals surface area contributed by atoms with Gasteiger partial charge in [-0.2, -0.15) is 0 Å². The lowest BCUT2D eigenvalue weighted by Gasteiger charge is -2.26. The summed E-state index contributed by atoms with van der Waals surface area (Å²) in [6, 6.07) is 7.55. The molecule has 0 saturated carbocycles. The maximum absolute atomic E-state index is 12.3. The molecule has 0 unspecified atom stereocenters. The number of nitrogens with zero attached hydrogens (tertiary/aromatic N) is 4. The molecule has 3 aliphatic heterocycles. The monoisotopic (exact) mass is 367 g/mol. The second kappa shape index (κ2) is 7.83. The van der Waals surface area contributed by atoms with E-state index in [9.17, 15) is 10.0 Å². The van der Waals surface area contributed by atoms with Crippen LogP contribution < -0.4 is 5.32 Å². The molecule has 0 radical (unpaired) electrons. The van der Waals surface area contributed by atoms with Crippen molar-refractivity contribution in [3.8, 4) is 0 Å². The first kappa shape index (κ1) is 17.6. The quantitative estimate of drug-likeness (QED) is 0.850. The molecule has 4 rings (SSSR count). The summed E-state index contributed by atoms with van der Waals surface area (Å²) in [4.78, 5) is 14.6. The Kier molecular flexibility index (Phi) is 5.10. The van der Waals surface area contributed by atoms with Gasteiger partial charge in [-0.3, -0.25) is 14.9 Å². The third-order valence-electron chi connectivity index (χ3n) is 4.67. The van der Waals surface area contributed by atoms with Gasteiger partial charge in [0.1, 0.15) is 5.70 Å². The lowest BCUT2D eigenvalue weighted by atomic mass is 10.1. The van der Waals surface area contributed by atoms with Gasteiger partial charge in [0.2, 0.25) is 0 Å². The van der Waals surface area contributed by atoms with Crippen LogP contribution in [-0.4, -0.2) is 60.5 Å². The van der Waals surface area contributed by atoms with E-state index >= 15 is 0 Å². The molecule has 0 aromatic heterocycles. The van der Waals surface area contributed by atoms with E-state index in [1.165, 1.54) is 6.20 Å². The molecule has 1 saturated heterocycles. The molecule has 1 aromatic carbocycles. The SMILES string of the molecule is O=C(NCCN1CCOCC1)C1=CN(O)/C(=C2/N=Nc3ccccc32)C=C1. The largest absolute Gasteiger partial charge is 0.379 e. The maximum atomic E-state index is 12.3. The minimum Gasteiger partial charge on any atom is -0.379 e. The number of nitrogens with one attached hydrogen (secondary N) is 1. The predicted molar refractivity (Wildman–Crippen MR) is 99.0 cm³/mol. The minimum atomic E-state index is -0.226. The van der Waals surface area contributed by atoms with E-state index in [0.29, 0.717) is 23.5 Å². The molecule has 1 fully saturated rings. The molecule has 1 aromatic rings. The zero-order chi connectivity index (χ0) is 18.6. The highest BCUT2D eigenvalue weighted by Gasteiger charge is 2.22. The van der Waals surface area contributed by atoms with Gasteiger partial charge in [-0.05, 0) is 18.2 Å². The van der Waals surface area contributed by atoms with E-state index in [4.69, 9.17) is 4.74 Å². The summed E-state index contributed by atoms with van der Waals surface area (Å²) in [5, 5.41) is 22.4. The fraction of sp³-hybridized carbons (Fsp3) is 0.316. The van der Waals surface area contributed by atoms with Gasteiger partial charge in [-0.25, -0.2) is 5.06 Å². The third-order valence-corrected chi connectivity index (χ3v) is 4.67. The van der Waals surface area contributed by atoms with E-state index in [1.807, 2.05) is 24.3 Å². The van der Waals surface area contributed by atoms with Crippen molar-refractivity contribution in [2.24, 2.45) is 10.2 Å². The van der Waals surface area contributed by atoms with Crippen molar-refractivity contribution >= 4 is 17.3 Å². The van der Waals surface area contributed by atoms with Crippen LogP contribution in [0.5, 0.6) is 0 Å². The van der Waals surface area contributed by atoms with E-state index < -0.39 is 0 Å². The van der Waals surface area contributed by atoms with Gasteiger partial charge in [0.05, 0.1) is 30.2 Å². The number of hydrogen-bond acceptors (Lipinski definition) is 7. The number of carbonyl (C=O) groups is 1. The van der Waals surface area contributed by atoms with Gasteiger partial charge >= 0.3 is 0 Å². The lowest BCUT2D eigenvalue weighted by Crippen LogP contribution is -2.41. The highest BCUT2D eigenvalue weighted by molar-refractivity contribution is 5.96. The standard InChI is InChI=1S/C19H21N5O3/c25-19(20-7-8-23-9-11-27-12-10-23)14-5-6-17(24(26)13-14)18-15-3-1-2-4-16(15)21-22-18/h1-6,13,26H,7-12H2,(H,20,25)/b18-17+. The van der Waals surface area contributed by atoms with Crippen LogP contribution in [0.1, 0.15) is 5.56 Å². The van der Waals surface area contributed by atoms with Gasteiger partial charge in [0.25, 0.3) is 5.91 Å². The summed E-state index contributed by atoms with van der Waals surface area (Å²) in [6.07, 6.45) is 4.74. The molecule has 8 heteroatoms. The number of benzene rings is 1. The van der Waals surface area contributed by atoms with Crippen molar-refractivity contribution in [1.82, 2.24) is 15.3 Å². The first-order chi connectivity index (χ1) is 13.2. The van der Waals surface area contributed by atoms with Gasteiger partial charge in [0, 0.05) is 37.9 Å². The van der Waals surface area contributed by atoms with Crippen LogP contribution in [0, 0.1) is 0 Å². The first-order valence-electron chi connectivity index (χ1n) is 8.94. The summed E-state index contributed by atoms with van der Waals surface area (Å²) in [5.74, 6) is -0.226. The number of amides is 1. The topological polar surface area (TPSA) is 89.8 Å². The number of rotatable bonds is 4. The first-order valence-corrected chi connectivity index (χ1v) is 8.94. The van der Waals surface area contributed by atoms with Gasteiger partial charge in [-0.1, -0.05) is 18.2 Å². The van der Waals surface area contributed by atoms with Crippen LogP contribution in [0.15, 0.2) is 64.1 Å². The van der Waals surface area contributed by atoms with Gasteiger partial charge in [0.15, 0.2) is 0 Å². The molecule has 0 spiro atoms. The zero-order valence-corrected chi connectivity index (χ0v) is 14.8. The van der Waals surface area contributed by atoms with Crippen molar-refractivity contribution in [3.05, 3.63) is 59.5 Å². The molecule has 1 amide bonds. The molecular formula is C19H21N5O3.